The topological polar surface area (TPSA) is 344 Å². The molecule has 1 aromatic carbocycles. The Balaban J connectivity index is 1.85. The van der Waals surface area contributed by atoms with Gasteiger partial charge in [-0.25, -0.2) is 4.79 Å². The number of carbonyl (C=O) groups is 10. The van der Waals surface area contributed by atoms with Crippen LogP contribution in [0.15, 0.2) is 30.3 Å². The third-order valence-electron chi connectivity index (χ3n) is 10.9. The van der Waals surface area contributed by atoms with Gasteiger partial charge in [-0.2, -0.15) is 23.5 Å². The minimum Gasteiger partial charge on any atom is -0.481 e. The van der Waals surface area contributed by atoms with Crippen LogP contribution in [-0.2, 0) is 54.4 Å². The largest absolute Gasteiger partial charge is 0.481 e. The molecule has 65 heavy (non-hydrogen) atoms. The summed E-state index contributed by atoms with van der Waals surface area (Å²) in [5.41, 5.74) is 6.16. The number of aliphatic hydroxyl groups is 1. The van der Waals surface area contributed by atoms with Crippen LogP contribution in [0.1, 0.15) is 63.4 Å². The van der Waals surface area contributed by atoms with E-state index in [0.29, 0.717) is 29.9 Å². The summed E-state index contributed by atoms with van der Waals surface area (Å²) in [6, 6.07) is -2.21. The van der Waals surface area contributed by atoms with Crippen molar-refractivity contribution in [3.8, 4) is 0 Å². The maximum Gasteiger partial charge on any atom is 0.326 e. The van der Waals surface area contributed by atoms with Gasteiger partial charge < -0.3 is 62.5 Å². The van der Waals surface area contributed by atoms with Crippen LogP contribution in [0, 0.1) is 0 Å². The van der Waals surface area contributed by atoms with Gasteiger partial charge in [-0.3, -0.25) is 43.2 Å². The van der Waals surface area contributed by atoms with Crippen molar-refractivity contribution in [2.24, 2.45) is 5.73 Å². The lowest BCUT2D eigenvalue weighted by Crippen LogP contribution is -2.60. The molecule has 0 spiro atoms. The van der Waals surface area contributed by atoms with E-state index in [-0.39, 0.29) is 51.6 Å². The Morgan fingerprint density at radius 1 is 0.646 bits per heavy atom. The zero-order valence-electron chi connectivity index (χ0n) is 36.3. The lowest BCUT2D eigenvalue weighted by atomic mass is 10.0. The van der Waals surface area contributed by atoms with Crippen molar-refractivity contribution in [2.45, 2.75) is 113 Å². The van der Waals surface area contributed by atoms with Gasteiger partial charge in [0.05, 0.1) is 13.0 Å². The number of carboxylic acid groups (broad SMARTS) is 3. The Bertz CT molecular complexity index is 1860. The highest BCUT2D eigenvalue weighted by Crippen LogP contribution is 2.22. The smallest absolute Gasteiger partial charge is 0.326 e. The van der Waals surface area contributed by atoms with E-state index in [4.69, 9.17) is 5.73 Å². The first-order valence-corrected chi connectivity index (χ1v) is 23.9. The van der Waals surface area contributed by atoms with Crippen LogP contribution in [0.4, 0.5) is 0 Å². The molecule has 24 heteroatoms. The first-order chi connectivity index (χ1) is 30.9. The second-order valence-corrected chi connectivity index (χ2v) is 17.6. The van der Waals surface area contributed by atoms with Crippen molar-refractivity contribution in [3.05, 3.63) is 35.9 Å². The fraction of sp³-hybridized carbons (Fsp3) is 0.610. The third-order valence-corrected chi connectivity index (χ3v) is 12.1. The van der Waals surface area contributed by atoms with Crippen LogP contribution >= 0.6 is 23.5 Å². The first kappa shape index (κ1) is 53.9. The standard InChI is InChI=1S/C41H60N8O14S2/c1-64-18-14-26(36(57)46-28(20-23-8-4-3-5-9-23)37(58)47-29(21-33(53)54)40(61)49-17-7-11-31(49)41(62)63)44-38(59)30-10-6-16-48(30)39(60)27(15-19-65-2)45-35(56)25(12-13-32(51)52)43-34(55)24(42)22-50/h3-5,8-9,24-31,50H,6-7,10-22,42H2,1-2H3,(H,43,55)(H,44,59)(H,45,56)(H,46,57)(H,47,58)(H,51,52)(H,53,54)(H,62,63)/t24-,25-,26-,27-,28-,29-,30-,31-/m0/s1. The van der Waals surface area contributed by atoms with Crippen molar-refractivity contribution in [3.63, 3.8) is 0 Å². The Morgan fingerprint density at radius 3 is 1.69 bits per heavy atom. The molecule has 360 valence electrons. The normalized spacial score (nSPS) is 18.5. The summed E-state index contributed by atoms with van der Waals surface area (Å²) in [6.07, 6.45) is 2.90. The predicted octanol–water partition coefficient (Wildman–Crippen LogP) is -2.11. The Hall–Kier alpha value is -5.46. The molecule has 22 nitrogen and oxygen atoms in total. The molecule has 3 rings (SSSR count). The number of rotatable bonds is 27. The molecule has 0 unspecified atom stereocenters. The molecule has 1 aromatic rings. The number of nitrogens with zero attached hydrogens (tertiary/aromatic N) is 2. The van der Waals surface area contributed by atoms with Gasteiger partial charge in [0.1, 0.15) is 48.3 Å². The summed E-state index contributed by atoms with van der Waals surface area (Å²) in [7, 11) is 0. The maximum absolute atomic E-state index is 14.2. The molecule has 8 atom stereocenters. The molecular formula is C41H60N8O14S2. The Kier molecular flexibility index (Phi) is 22.5. The van der Waals surface area contributed by atoms with Gasteiger partial charge in [0, 0.05) is 25.9 Å². The van der Waals surface area contributed by atoms with E-state index in [9.17, 15) is 68.4 Å². The number of hydrogen-bond acceptors (Lipinski definition) is 14. The highest BCUT2D eigenvalue weighted by Gasteiger charge is 2.41. The van der Waals surface area contributed by atoms with Crippen LogP contribution in [0.3, 0.4) is 0 Å². The summed E-state index contributed by atoms with van der Waals surface area (Å²) in [4.78, 5) is 133. The zero-order chi connectivity index (χ0) is 48.2. The molecule has 2 fully saturated rings. The highest BCUT2D eigenvalue weighted by atomic mass is 32.2. The number of hydrogen-bond donors (Lipinski definition) is 10. The van der Waals surface area contributed by atoms with E-state index < -0.39 is 127 Å². The number of aliphatic carboxylic acids is 3. The molecule has 2 saturated heterocycles. The number of benzene rings is 1. The second-order valence-electron chi connectivity index (χ2n) is 15.6. The molecule has 2 heterocycles. The van der Waals surface area contributed by atoms with Crippen LogP contribution in [-0.4, -0.2) is 182 Å². The summed E-state index contributed by atoms with van der Waals surface area (Å²) in [5, 5.41) is 50.5. The summed E-state index contributed by atoms with van der Waals surface area (Å²) < 4.78 is 0. The molecule has 11 N–H and O–H groups in total. The van der Waals surface area contributed by atoms with Gasteiger partial charge in [-0.1, -0.05) is 30.3 Å². The van der Waals surface area contributed by atoms with Crippen molar-refractivity contribution in [1.29, 1.82) is 0 Å². The predicted molar refractivity (Wildman–Crippen MR) is 237 cm³/mol. The molecule has 0 aliphatic carbocycles. The van der Waals surface area contributed by atoms with E-state index in [1.807, 2.05) is 0 Å². The summed E-state index contributed by atoms with van der Waals surface area (Å²) in [5.74, 6) is -9.01. The van der Waals surface area contributed by atoms with Gasteiger partial charge in [-0.15, -0.1) is 0 Å². The zero-order valence-corrected chi connectivity index (χ0v) is 37.9. The fourth-order valence-corrected chi connectivity index (χ4v) is 8.35. The summed E-state index contributed by atoms with van der Waals surface area (Å²) in [6.45, 7) is -0.602. The molecule has 2 aliphatic heterocycles. The van der Waals surface area contributed by atoms with E-state index in [1.54, 1.807) is 42.8 Å². The Morgan fingerprint density at radius 2 is 1.14 bits per heavy atom. The van der Waals surface area contributed by atoms with Crippen LogP contribution in [0.2, 0.25) is 0 Å². The second kappa shape index (κ2) is 27.1. The monoisotopic (exact) mass is 952 g/mol. The molecular weight excluding hydrogens is 893 g/mol. The number of thioether (sulfide) groups is 2. The average Bonchev–Trinajstić information content (AvgIpc) is 3.98. The Labute approximate surface area is 384 Å². The van der Waals surface area contributed by atoms with E-state index >= 15 is 0 Å². The van der Waals surface area contributed by atoms with Crippen molar-refractivity contribution in [2.75, 3.05) is 43.7 Å². The van der Waals surface area contributed by atoms with Gasteiger partial charge in [0.15, 0.2) is 0 Å². The SMILES string of the molecule is CSCC[C@H](NC(=O)[C@@H]1CCCN1C(=O)[C@H](CCSC)NC(=O)[C@H](CCC(=O)O)NC(=O)[C@@H](N)CO)C(=O)N[C@@H](Cc1ccccc1)C(=O)N[C@@H](CC(=O)O)C(=O)N1CCC[C@H]1C(=O)O. The number of nitrogens with one attached hydrogen (secondary N) is 5. The molecule has 0 saturated carbocycles. The number of aliphatic hydroxyl groups excluding tert-OH is 1. The average molecular weight is 953 g/mol. The quantitative estimate of drug-likeness (QED) is 0.0451. The molecule has 2 aliphatic rings. The van der Waals surface area contributed by atoms with Crippen molar-refractivity contribution in [1.82, 2.24) is 36.4 Å². The first-order valence-electron chi connectivity index (χ1n) is 21.1. The number of nitrogens with two attached hydrogens (primary N) is 1. The minimum atomic E-state index is -1.67. The maximum atomic E-state index is 14.2. The number of carboxylic acids is 3. The van der Waals surface area contributed by atoms with Gasteiger partial charge in [0.2, 0.25) is 41.4 Å². The molecule has 0 radical (unpaired) electrons. The van der Waals surface area contributed by atoms with Gasteiger partial charge >= 0.3 is 17.9 Å². The highest BCUT2D eigenvalue weighted by molar-refractivity contribution is 7.98. The number of carbonyl (C=O) groups excluding carboxylic acids is 7. The molecule has 0 bridgehead atoms. The van der Waals surface area contributed by atoms with Crippen LogP contribution in [0.5, 0.6) is 0 Å². The minimum absolute atomic E-state index is 0.0380. The summed E-state index contributed by atoms with van der Waals surface area (Å²) >= 11 is 2.74. The lowest BCUT2D eigenvalue weighted by Gasteiger charge is -2.31. The molecule has 0 aromatic heterocycles. The van der Waals surface area contributed by atoms with E-state index in [1.165, 1.54) is 28.4 Å². The van der Waals surface area contributed by atoms with E-state index in [2.05, 4.69) is 26.6 Å². The lowest BCUT2D eigenvalue weighted by molar-refractivity contribution is -0.150. The van der Waals surface area contributed by atoms with Crippen LogP contribution < -0.4 is 32.3 Å². The van der Waals surface area contributed by atoms with Crippen molar-refractivity contribution >= 4 is 82.8 Å². The van der Waals surface area contributed by atoms with Gasteiger partial charge in [-0.05, 0) is 74.5 Å². The number of amides is 7. The molecule has 7 amide bonds. The number of likely N-dealkylation sites (tertiary alicyclic amines) is 2. The van der Waals surface area contributed by atoms with Gasteiger partial charge in [0.25, 0.3) is 0 Å². The third kappa shape index (κ3) is 16.8. The van der Waals surface area contributed by atoms with Crippen LogP contribution in [0.25, 0.3) is 0 Å². The fourth-order valence-electron chi connectivity index (χ4n) is 7.41. The van der Waals surface area contributed by atoms with Crippen molar-refractivity contribution < 1.29 is 68.4 Å². The van der Waals surface area contributed by atoms with E-state index in [0.717, 1.165) is 4.90 Å².